The van der Waals surface area contributed by atoms with Crippen LogP contribution in [0.1, 0.15) is 13.8 Å². The van der Waals surface area contributed by atoms with Gasteiger partial charge in [0.2, 0.25) is 5.57 Å². The average molecular weight is 217 g/mol. The number of ether oxygens (including phenoxy) is 2. The predicted octanol–water partition coefficient (Wildman–Crippen LogP) is 0.102. The smallest absolute Gasteiger partial charge is 0.351 e. The number of likely N-dealkylation sites (N-methyl/N-ethyl adjacent to an activating group) is 1. The maximum Gasteiger partial charge on any atom is 0.351 e. The monoisotopic (exact) mass is 217 g/mol. The number of hydrogen-bond acceptors (Lipinski definition) is 5. The largest absolute Gasteiger partial charge is 0.480 e. The number of carbonyl (C=O) groups excluding carboxylic acids is 2. The molecule has 86 valence electrons. The zero-order valence-corrected chi connectivity index (χ0v) is 8.99. The van der Waals surface area contributed by atoms with Gasteiger partial charge in [0.1, 0.15) is 0 Å². The molecule has 2 N–H and O–H groups in total. The fourth-order valence-corrected chi connectivity index (χ4v) is 0.814. The normalized spacial score (nSPS) is 11.4. The fourth-order valence-electron chi connectivity index (χ4n) is 0.814. The van der Waals surface area contributed by atoms with Crippen molar-refractivity contribution in [1.82, 2.24) is 5.32 Å². The van der Waals surface area contributed by atoms with Crippen molar-refractivity contribution in [2.45, 2.75) is 13.8 Å². The molecular weight excluding hydrogens is 202 g/mol. The highest BCUT2D eigenvalue weighted by molar-refractivity contribution is 6.16. The van der Waals surface area contributed by atoms with Crippen molar-refractivity contribution in [1.29, 1.82) is 0 Å². The Morgan fingerprint density at radius 1 is 1.20 bits per heavy atom. The Labute approximate surface area is 87.9 Å². The van der Waals surface area contributed by atoms with Gasteiger partial charge in [0, 0.05) is 7.05 Å². The highest BCUT2D eigenvalue weighted by Crippen LogP contribution is 2.06. The fraction of sp³-hybridized carbons (Fsp3) is 0.556. The van der Waals surface area contributed by atoms with Crippen molar-refractivity contribution >= 4 is 11.9 Å². The molecule has 0 aliphatic carbocycles. The van der Waals surface area contributed by atoms with E-state index in [9.17, 15) is 14.7 Å². The van der Waals surface area contributed by atoms with Gasteiger partial charge in [-0.3, -0.25) is 4.79 Å². The van der Waals surface area contributed by atoms with E-state index >= 15 is 0 Å². The van der Waals surface area contributed by atoms with Crippen LogP contribution < -0.4 is 5.32 Å². The van der Waals surface area contributed by atoms with Gasteiger partial charge in [-0.1, -0.05) is 0 Å². The van der Waals surface area contributed by atoms with Crippen molar-refractivity contribution in [3.63, 3.8) is 0 Å². The highest BCUT2D eigenvalue weighted by Gasteiger charge is 2.25. The summed E-state index contributed by atoms with van der Waals surface area (Å²) in [5.41, 5.74) is -0.527. The molecule has 0 aliphatic rings. The van der Waals surface area contributed by atoms with Gasteiger partial charge in [0.05, 0.1) is 13.2 Å². The van der Waals surface area contributed by atoms with E-state index in [0.717, 1.165) is 0 Å². The summed E-state index contributed by atoms with van der Waals surface area (Å²) in [6.45, 7) is 3.46. The first-order chi connectivity index (χ1) is 7.08. The maximum absolute atomic E-state index is 11.3. The summed E-state index contributed by atoms with van der Waals surface area (Å²) in [4.78, 5) is 22.5. The molecule has 0 aliphatic heterocycles. The van der Waals surface area contributed by atoms with Crippen LogP contribution in [0.4, 0.5) is 0 Å². The number of rotatable bonds is 5. The van der Waals surface area contributed by atoms with E-state index in [1.54, 1.807) is 13.8 Å². The first-order valence-corrected chi connectivity index (χ1v) is 4.53. The number of hydrogen-bond donors (Lipinski definition) is 2. The number of aliphatic hydroxyl groups excluding tert-OH is 1. The molecule has 6 nitrogen and oxygen atoms in total. The van der Waals surface area contributed by atoms with Crippen LogP contribution in [0.15, 0.2) is 11.5 Å². The van der Waals surface area contributed by atoms with E-state index in [-0.39, 0.29) is 13.2 Å². The van der Waals surface area contributed by atoms with Gasteiger partial charge < -0.3 is 19.9 Å². The van der Waals surface area contributed by atoms with Gasteiger partial charge in [0.15, 0.2) is 0 Å². The van der Waals surface area contributed by atoms with E-state index in [2.05, 4.69) is 14.8 Å². The lowest BCUT2D eigenvalue weighted by molar-refractivity contribution is -0.141. The second kappa shape index (κ2) is 6.69. The lowest BCUT2D eigenvalue weighted by Crippen LogP contribution is -2.28. The van der Waals surface area contributed by atoms with E-state index in [0.29, 0.717) is 0 Å². The summed E-state index contributed by atoms with van der Waals surface area (Å²) in [6.07, 6.45) is 0. The zero-order chi connectivity index (χ0) is 11.8. The Morgan fingerprint density at radius 2 is 1.73 bits per heavy atom. The molecular formula is C9H15NO5. The summed E-state index contributed by atoms with van der Waals surface area (Å²) in [5, 5.41) is 11.5. The SMILES string of the molecule is CCOC(=O)/C(C(=O)NC)=C(/O)OCC. The molecule has 0 atom stereocenters. The van der Waals surface area contributed by atoms with Crippen molar-refractivity contribution in [2.24, 2.45) is 0 Å². The second-order valence-electron chi connectivity index (χ2n) is 2.41. The van der Waals surface area contributed by atoms with Crippen LogP contribution in [0.3, 0.4) is 0 Å². The van der Waals surface area contributed by atoms with Crippen LogP contribution in [0, 0.1) is 0 Å². The van der Waals surface area contributed by atoms with Gasteiger partial charge in [-0.25, -0.2) is 4.79 Å². The molecule has 0 radical (unpaired) electrons. The van der Waals surface area contributed by atoms with Crippen LogP contribution in [0.2, 0.25) is 0 Å². The molecule has 0 spiro atoms. The maximum atomic E-state index is 11.3. The third kappa shape index (κ3) is 3.88. The Bertz CT molecular complexity index is 272. The Balaban J connectivity index is 4.95. The molecule has 0 rings (SSSR count). The molecule has 6 heteroatoms. The molecule has 0 saturated heterocycles. The molecule has 0 fully saturated rings. The van der Waals surface area contributed by atoms with Gasteiger partial charge >= 0.3 is 5.97 Å². The number of amides is 1. The standard InChI is InChI=1S/C9H15NO5/c1-4-14-8(12)6(7(11)10-3)9(13)15-5-2/h12H,4-5H2,1-3H3,(H,10,11)/b8-6-. The van der Waals surface area contributed by atoms with Crippen LogP contribution >= 0.6 is 0 Å². The quantitative estimate of drug-likeness (QED) is 0.224. The topological polar surface area (TPSA) is 84.9 Å². The molecule has 1 amide bonds. The number of aliphatic hydroxyl groups is 1. The minimum Gasteiger partial charge on any atom is -0.480 e. The number of carbonyl (C=O) groups is 2. The Kier molecular flexibility index (Phi) is 5.92. The van der Waals surface area contributed by atoms with Crippen LogP contribution in [0.25, 0.3) is 0 Å². The lowest BCUT2D eigenvalue weighted by Gasteiger charge is -2.08. The first-order valence-electron chi connectivity index (χ1n) is 4.53. The minimum absolute atomic E-state index is 0.110. The highest BCUT2D eigenvalue weighted by atomic mass is 16.6. The minimum atomic E-state index is -0.914. The molecule has 0 aromatic heterocycles. The zero-order valence-electron chi connectivity index (χ0n) is 8.99. The van der Waals surface area contributed by atoms with E-state index in [1.165, 1.54) is 7.05 Å². The van der Waals surface area contributed by atoms with E-state index in [4.69, 9.17) is 0 Å². The summed E-state index contributed by atoms with van der Waals surface area (Å²) < 4.78 is 9.26. The summed E-state index contributed by atoms with van der Waals surface area (Å²) in [6, 6.07) is 0. The first kappa shape index (κ1) is 13.3. The molecule has 0 aromatic carbocycles. The Hall–Kier alpha value is -1.72. The molecule has 0 unspecified atom stereocenters. The van der Waals surface area contributed by atoms with Crippen LogP contribution in [-0.4, -0.2) is 37.2 Å². The molecule has 15 heavy (non-hydrogen) atoms. The predicted molar refractivity (Wildman–Crippen MR) is 52.0 cm³/mol. The molecule has 0 bridgehead atoms. The molecule has 0 aromatic rings. The van der Waals surface area contributed by atoms with Gasteiger partial charge in [-0.05, 0) is 13.8 Å². The van der Waals surface area contributed by atoms with Crippen LogP contribution in [0.5, 0.6) is 0 Å². The van der Waals surface area contributed by atoms with Gasteiger partial charge in [0.25, 0.3) is 11.9 Å². The molecule has 0 saturated carbocycles. The third-order valence-electron chi connectivity index (χ3n) is 1.43. The van der Waals surface area contributed by atoms with E-state index in [1.807, 2.05) is 0 Å². The molecule has 0 heterocycles. The summed E-state index contributed by atoms with van der Waals surface area (Å²) >= 11 is 0. The lowest BCUT2D eigenvalue weighted by atomic mass is 10.2. The average Bonchev–Trinajstić information content (AvgIpc) is 2.18. The number of esters is 1. The van der Waals surface area contributed by atoms with Crippen molar-refractivity contribution in [3.8, 4) is 0 Å². The van der Waals surface area contributed by atoms with Crippen molar-refractivity contribution in [2.75, 3.05) is 20.3 Å². The number of nitrogens with one attached hydrogen (secondary N) is 1. The van der Waals surface area contributed by atoms with Gasteiger partial charge in [-0.2, -0.15) is 0 Å². The summed E-state index contributed by atoms with van der Waals surface area (Å²) in [5.74, 6) is -2.39. The van der Waals surface area contributed by atoms with Crippen LogP contribution in [-0.2, 0) is 19.1 Å². The third-order valence-corrected chi connectivity index (χ3v) is 1.43. The van der Waals surface area contributed by atoms with Crippen molar-refractivity contribution < 1.29 is 24.2 Å². The summed E-state index contributed by atoms with van der Waals surface area (Å²) in [7, 11) is 1.33. The van der Waals surface area contributed by atoms with Gasteiger partial charge in [-0.15, -0.1) is 0 Å². The van der Waals surface area contributed by atoms with Crippen molar-refractivity contribution in [3.05, 3.63) is 11.5 Å². The Morgan fingerprint density at radius 3 is 2.13 bits per heavy atom. The van der Waals surface area contributed by atoms with E-state index < -0.39 is 23.4 Å². The second-order valence-corrected chi connectivity index (χ2v) is 2.41.